The highest BCUT2D eigenvalue weighted by Gasteiger charge is 2.25. The van der Waals surface area contributed by atoms with E-state index in [1.807, 2.05) is 43.0 Å². The lowest BCUT2D eigenvalue weighted by Gasteiger charge is -2.26. The van der Waals surface area contributed by atoms with E-state index in [9.17, 15) is 16.8 Å². The molecule has 0 fully saturated rings. The Kier molecular flexibility index (Phi) is 9.21. The van der Waals surface area contributed by atoms with Gasteiger partial charge in [0.15, 0.2) is 15.5 Å². The number of aromatic nitrogens is 4. The van der Waals surface area contributed by atoms with Crippen molar-refractivity contribution in [2.75, 3.05) is 31.1 Å². The Morgan fingerprint density at radius 1 is 1.00 bits per heavy atom. The number of benzene rings is 2. The number of sulfone groups is 2. The molecule has 0 spiro atoms. The molecule has 0 bridgehead atoms. The summed E-state index contributed by atoms with van der Waals surface area (Å²) in [5.74, 6) is 1.36. The topological polar surface area (TPSA) is 133 Å². The normalized spacial score (nSPS) is 12.0. The highest BCUT2D eigenvalue weighted by Crippen LogP contribution is 2.30. The molecule has 4 rings (SSSR count). The number of nitrogens with zero attached hydrogens (tertiary/aromatic N) is 5. The van der Waals surface area contributed by atoms with E-state index in [0.29, 0.717) is 42.3 Å². The van der Waals surface area contributed by atoms with Crippen LogP contribution in [0.5, 0.6) is 11.5 Å². The lowest BCUT2D eigenvalue weighted by atomic mass is 10.1. The first-order valence-corrected chi connectivity index (χ1v) is 17.0. The van der Waals surface area contributed by atoms with E-state index in [-0.39, 0.29) is 28.5 Å². The molecule has 0 aliphatic rings. The summed E-state index contributed by atoms with van der Waals surface area (Å²) in [6, 6.07) is 12.2. The van der Waals surface area contributed by atoms with Crippen LogP contribution in [0.1, 0.15) is 42.9 Å². The molecule has 0 N–H and O–H groups in total. The Hall–Kier alpha value is -3.97. The molecule has 0 saturated carbocycles. The van der Waals surface area contributed by atoms with E-state index in [4.69, 9.17) is 9.47 Å². The van der Waals surface area contributed by atoms with E-state index < -0.39 is 19.7 Å². The molecule has 42 heavy (non-hydrogen) atoms. The molecule has 0 radical (unpaired) electrons. The van der Waals surface area contributed by atoms with Crippen molar-refractivity contribution in [2.45, 2.75) is 49.3 Å². The van der Waals surface area contributed by atoms with Gasteiger partial charge >= 0.3 is 0 Å². The van der Waals surface area contributed by atoms with Crippen LogP contribution in [0, 0.1) is 0 Å². The first kappa shape index (κ1) is 31.0. The van der Waals surface area contributed by atoms with Crippen LogP contribution in [-0.2, 0) is 32.8 Å². The van der Waals surface area contributed by atoms with Crippen molar-refractivity contribution < 1.29 is 26.3 Å². The second kappa shape index (κ2) is 12.5. The SMILES string of the molecule is C=CCCOc1cc(S(C)(=O)=O)ccc1CN(Cc1ccc(OC)cc1)c1nc(S(C)(=O)=O)nc2c(C(C)C)cnn12. The number of anilines is 1. The van der Waals surface area contributed by atoms with Crippen molar-refractivity contribution in [3.8, 4) is 11.5 Å². The number of fused-ring (bicyclic) bond motifs is 1. The second-order valence-electron chi connectivity index (χ2n) is 10.2. The third-order valence-electron chi connectivity index (χ3n) is 6.53. The van der Waals surface area contributed by atoms with Gasteiger partial charge in [-0.15, -0.1) is 6.58 Å². The largest absolute Gasteiger partial charge is 0.497 e. The van der Waals surface area contributed by atoms with Gasteiger partial charge in [0.05, 0.1) is 24.8 Å². The number of hydrogen-bond donors (Lipinski definition) is 0. The predicted molar refractivity (Wildman–Crippen MR) is 161 cm³/mol. The Bertz CT molecular complexity index is 1800. The van der Waals surface area contributed by atoms with Gasteiger partial charge in [-0.1, -0.05) is 38.1 Å². The lowest BCUT2D eigenvalue weighted by molar-refractivity contribution is 0.320. The fourth-order valence-electron chi connectivity index (χ4n) is 4.28. The molecule has 13 heteroatoms. The van der Waals surface area contributed by atoms with Crippen molar-refractivity contribution in [1.82, 2.24) is 19.6 Å². The van der Waals surface area contributed by atoms with Gasteiger partial charge in [-0.25, -0.2) is 16.8 Å². The summed E-state index contributed by atoms with van der Waals surface area (Å²) in [7, 11) is -5.68. The number of hydrogen-bond acceptors (Lipinski definition) is 10. The molecule has 0 atom stereocenters. The van der Waals surface area contributed by atoms with Crippen molar-refractivity contribution in [3.05, 3.63) is 78.0 Å². The summed E-state index contributed by atoms with van der Waals surface area (Å²) >= 11 is 0. The minimum absolute atomic E-state index is 0.0288. The van der Waals surface area contributed by atoms with Crippen LogP contribution in [0.25, 0.3) is 5.65 Å². The Balaban J connectivity index is 1.91. The first-order valence-electron chi connectivity index (χ1n) is 13.2. The van der Waals surface area contributed by atoms with E-state index in [1.54, 1.807) is 25.4 Å². The smallest absolute Gasteiger partial charge is 0.252 e. The van der Waals surface area contributed by atoms with Crippen molar-refractivity contribution >= 4 is 31.3 Å². The molecule has 0 aliphatic carbocycles. The maximum atomic E-state index is 12.7. The fraction of sp³-hybridized carbons (Fsp3) is 0.345. The third kappa shape index (κ3) is 7.08. The molecule has 2 aromatic carbocycles. The summed E-state index contributed by atoms with van der Waals surface area (Å²) in [5, 5.41) is 4.22. The standard InChI is InChI=1S/C29H35N5O6S2/c1-7-8-15-40-26-16-24(41(5,35)36)14-11-22(26)19-33(18-21-9-12-23(39-4)13-10-21)29-32-28(42(6,37)38)31-27-25(20(2)3)17-30-34(27)29/h7,9-14,16-17,20H,1,8,15,18-19H2,2-6H3. The summed E-state index contributed by atoms with van der Waals surface area (Å²) in [6.07, 6.45) is 6.15. The second-order valence-corrected chi connectivity index (χ2v) is 14.2. The van der Waals surface area contributed by atoms with Gasteiger partial charge in [0.1, 0.15) is 11.5 Å². The van der Waals surface area contributed by atoms with Gasteiger partial charge in [-0.3, -0.25) is 0 Å². The zero-order valence-electron chi connectivity index (χ0n) is 24.3. The highest BCUT2D eigenvalue weighted by molar-refractivity contribution is 7.90. The molecular weight excluding hydrogens is 578 g/mol. The van der Waals surface area contributed by atoms with Crippen LogP contribution < -0.4 is 14.4 Å². The molecule has 2 aromatic heterocycles. The van der Waals surface area contributed by atoms with Gasteiger partial charge in [0.2, 0.25) is 15.8 Å². The molecule has 0 amide bonds. The molecule has 224 valence electrons. The van der Waals surface area contributed by atoms with Crippen LogP contribution in [0.15, 0.2) is 71.4 Å². The summed E-state index contributed by atoms with van der Waals surface area (Å²) in [4.78, 5) is 10.8. The zero-order valence-corrected chi connectivity index (χ0v) is 25.9. The molecule has 0 saturated heterocycles. The molecule has 11 nitrogen and oxygen atoms in total. The van der Waals surface area contributed by atoms with Crippen LogP contribution in [0.4, 0.5) is 5.95 Å². The first-order chi connectivity index (χ1) is 19.8. The van der Waals surface area contributed by atoms with Gasteiger partial charge < -0.3 is 14.4 Å². The highest BCUT2D eigenvalue weighted by atomic mass is 32.2. The molecule has 4 aromatic rings. The maximum absolute atomic E-state index is 12.7. The predicted octanol–water partition coefficient (Wildman–Crippen LogP) is 4.23. The van der Waals surface area contributed by atoms with Crippen LogP contribution in [0.3, 0.4) is 0 Å². The van der Waals surface area contributed by atoms with Gasteiger partial charge in [-0.05, 0) is 42.2 Å². The van der Waals surface area contributed by atoms with Gasteiger partial charge in [-0.2, -0.15) is 19.6 Å². The van der Waals surface area contributed by atoms with E-state index in [1.165, 1.54) is 16.6 Å². The van der Waals surface area contributed by atoms with E-state index in [0.717, 1.165) is 23.6 Å². The maximum Gasteiger partial charge on any atom is 0.252 e. The minimum Gasteiger partial charge on any atom is -0.497 e. The molecular formula is C29H35N5O6S2. The van der Waals surface area contributed by atoms with Crippen molar-refractivity contribution in [3.63, 3.8) is 0 Å². The van der Waals surface area contributed by atoms with Crippen molar-refractivity contribution in [2.24, 2.45) is 0 Å². The quantitative estimate of drug-likeness (QED) is 0.159. The zero-order chi connectivity index (χ0) is 30.7. The van der Waals surface area contributed by atoms with Gasteiger partial charge in [0.25, 0.3) is 5.16 Å². The summed E-state index contributed by atoms with van der Waals surface area (Å²) in [6.45, 7) is 8.46. The van der Waals surface area contributed by atoms with E-state index in [2.05, 4.69) is 21.6 Å². The average Bonchev–Trinajstić information content (AvgIpc) is 3.37. The number of ether oxygens (including phenoxy) is 2. The van der Waals surface area contributed by atoms with Crippen LogP contribution >= 0.6 is 0 Å². The van der Waals surface area contributed by atoms with Gasteiger partial charge in [0, 0.05) is 36.7 Å². The summed E-state index contributed by atoms with van der Waals surface area (Å²) in [5.41, 5.74) is 2.73. The minimum atomic E-state index is -3.78. The third-order valence-corrected chi connectivity index (χ3v) is 8.49. The Morgan fingerprint density at radius 3 is 2.31 bits per heavy atom. The van der Waals surface area contributed by atoms with E-state index >= 15 is 0 Å². The fourth-order valence-corrected chi connectivity index (χ4v) is 5.41. The molecule has 2 heterocycles. The molecule has 0 unspecified atom stereocenters. The number of rotatable bonds is 13. The Morgan fingerprint density at radius 2 is 1.71 bits per heavy atom. The molecule has 0 aliphatic heterocycles. The average molecular weight is 614 g/mol. The number of methoxy groups -OCH3 is 1. The lowest BCUT2D eigenvalue weighted by Crippen LogP contribution is -2.27. The van der Waals surface area contributed by atoms with Crippen LogP contribution in [-0.4, -0.2) is 62.6 Å². The Labute approximate surface area is 246 Å². The monoisotopic (exact) mass is 613 g/mol. The summed E-state index contributed by atoms with van der Waals surface area (Å²) < 4.78 is 62.9. The van der Waals surface area contributed by atoms with Crippen LogP contribution in [0.2, 0.25) is 0 Å². The van der Waals surface area contributed by atoms with Crippen molar-refractivity contribution in [1.29, 1.82) is 0 Å².